The molecule has 0 radical (unpaired) electrons. The fraction of sp³-hybridized carbons (Fsp3) is 0.190. The summed E-state index contributed by atoms with van der Waals surface area (Å²) in [6, 6.07) is 18.1. The molecule has 2 aromatic heterocycles. The topological polar surface area (TPSA) is 107 Å². The highest BCUT2D eigenvalue weighted by molar-refractivity contribution is 7.98. The molecule has 0 atom stereocenters. The van der Waals surface area contributed by atoms with Gasteiger partial charge in [0, 0.05) is 19.2 Å². The van der Waals surface area contributed by atoms with E-state index in [1.54, 1.807) is 0 Å². The number of thioether (sulfide) groups is 1. The number of aryl methyl sites for hydroxylation is 1. The van der Waals surface area contributed by atoms with Crippen molar-refractivity contribution < 1.29 is 0 Å². The molecule has 4 rings (SSSR count). The molecule has 2 heterocycles. The first-order chi connectivity index (χ1) is 14.6. The lowest BCUT2D eigenvalue weighted by Gasteiger charge is -2.09. The summed E-state index contributed by atoms with van der Waals surface area (Å²) in [4.78, 5) is 12.9. The van der Waals surface area contributed by atoms with Gasteiger partial charge in [0.2, 0.25) is 11.9 Å². The molecule has 0 spiro atoms. The van der Waals surface area contributed by atoms with Crippen molar-refractivity contribution in [3.8, 4) is 0 Å². The number of aromatic nitrogens is 6. The minimum absolute atomic E-state index is 0.180. The first-order valence-electron chi connectivity index (χ1n) is 9.46. The van der Waals surface area contributed by atoms with Crippen molar-refractivity contribution in [3.05, 3.63) is 77.4 Å². The summed E-state index contributed by atoms with van der Waals surface area (Å²) in [5.41, 5.74) is 9.12. The van der Waals surface area contributed by atoms with Crippen molar-refractivity contribution in [2.24, 2.45) is 7.05 Å². The summed E-state index contributed by atoms with van der Waals surface area (Å²) in [5.74, 6) is 2.60. The second kappa shape index (κ2) is 8.91. The van der Waals surface area contributed by atoms with Crippen LogP contribution in [0.4, 0.5) is 17.6 Å². The molecule has 0 aliphatic heterocycles. The molecule has 0 saturated carbocycles. The van der Waals surface area contributed by atoms with Crippen LogP contribution in [0.15, 0.2) is 59.8 Å². The predicted molar refractivity (Wildman–Crippen MR) is 119 cm³/mol. The first-order valence-corrected chi connectivity index (χ1v) is 10.4. The monoisotopic (exact) mass is 418 g/mol. The Labute approximate surface area is 179 Å². The number of benzene rings is 2. The van der Waals surface area contributed by atoms with Crippen molar-refractivity contribution in [1.29, 1.82) is 0 Å². The predicted octanol–water partition coefficient (Wildman–Crippen LogP) is 3.52. The molecule has 0 unspecified atom stereocenters. The van der Waals surface area contributed by atoms with Gasteiger partial charge in [-0.3, -0.25) is 0 Å². The SMILES string of the molecule is Cc1ccccc1Nc1nc(N)nc(CSc2nnc(Cc3ccccc3)n2C)n1. The van der Waals surface area contributed by atoms with Crippen LogP contribution in [0.5, 0.6) is 0 Å². The molecule has 9 heteroatoms. The van der Waals surface area contributed by atoms with Crippen LogP contribution in [-0.2, 0) is 19.2 Å². The van der Waals surface area contributed by atoms with Crippen LogP contribution in [0.3, 0.4) is 0 Å². The highest BCUT2D eigenvalue weighted by Gasteiger charge is 2.12. The normalized spacial score (nSPS) is 10.9. The molecule has 30 heavy (non-hydrogen) atoms. The van der Waals surface area contributed by atoms with E-state index in [-0.39, 0.29) is 5.95 Å². The van der Waals surface area contributed by atoms with Crippen molar-refractivity contribution >= 4 is 29.3 Å². The third-order valence-corrected chi connectivity index (χ3v) is 5.57. The van der Waals surface area contributed by atoms with Crippen LogP contribution in [0.2, 0.25) is 0 Å². The number of nitrogens with one attached hydrogen (secondary N) is 1. The van der Waals surface area contributed by atoms with E-state index in [4.69, 9.17) is 5.73 Å². The average Bonchev–Trinajstić information content (AvgIpc) is 3.08. The van der Waals surface area contributed by atoms with Gasteiger partial charge in [0.1, 0.15) is 11.6 Å². The lowest BCUT2D eigenvalue weighted by molar-refractivity contribution is 0.748. The van der Waals surface area contributed by atoms with Crippen molar-refractivity contribution in [3.63, 3.8) is 0 Å². The van der Waals surface area contributed by atoms with Gasteiger partial charge < -0.3 is 15.6 Å². The van der Waals surface area contributed by atoms with Gasteiger partial charge in [0.15, 0.2) is 5.16 Å². The number of para-hydroxylation sites is 1. The maximum absolute atomic E-state index is 5.90. The Kier molecular flexibility index (Phi) is 5.89. The van der Waals surface area contributed by atoms with E-state index < -0.39 is 0 Å². The summed E-state index contributed by atoms with van der Waals surface area (Å²) in [5, 5.41) is 12.6. The Hall–Kier alpha value is -3.46. The summed E-state index contributed by atoms with van der Waals surface area (Å²) < 4.78 is 1.99. The minimum Gasteiger partial charge on any atom is -0.368 e. The van der Waals surface area contributed by atoms with Gasteiger partial charge in [0.25, 0.3) is 0 Å². The van der Waals surface area contributed by atoms with Gasteiger partial charge in [-0.1, -0.05) is 60.3 Å². The molecule has 152 valence electrons. The fourth-order valence-electron chi connectivity index (χ4n) is 2.92. The molecule has 0 aliphatic rings. The van der Waals surface area contributed by atoms with Gasteiger partial charge in [-0.2, -0.15) is 15.0 Å². The van der Waals surface area contributed by atoms with Crippen LogP contribution in [0.1, 0.15) is 22.8 Å². The number of nitrogens with two attached hydrogens (primary N) is 1. The Morgan fingerprint density at radius 1 is 0.967 bits per heavy atom. The maximum atomic E-state index is 5.90. The smallest absolute Gasteiger partial charge is 0.232 e. The van der Waals surface area contributed by atoms with E-state index in [1.807, 2.05) is 61.0 Å². The first kappa shape index (κ1) is 19.8. The van der Waals surface area contributed by atoms with Crippen molar-refractivity contribution in [1.82, 2.24) is 29.7 Å². The van der Waals surface area contributed by atoms with Gasteiger partial charge >= 0.3 is 0 Å². The van der Waals surface area contributed by atoms with E-state index in [9.17, 15) is 0 Å². The average molecular weight is 419 g/mol. The van der Waals surface area contributed by atoms with Crippen LogP contribution in [-0.4, -0.2) is 29.7 Å². The fourth-order valence-corrected chi connectivity index (χ4v) is 3.71. The molecule has 0 fully saturated rings. The van der Waals surface area contributed by atoms with Crippen LogP contribution >= 0.6 is 11.8 Å². The third kappa shape index (κ3) is 4.74. The van der Waals surface area contributed by atoms with Gasteiger partial charge in [0.05, 0.1) is 5.75 Å². The Morgan fingerprint density at radius 3 is 2.53 bits per heavy atom. The highest BCUT2D eigenvalue weighted by Crippen LogP contribution is 2.22. The summed E-state index contributed by atoms with van der Waals surface area (Å²) in [7, 11) is 1.97. The van der Waals surface area contributed by atoms with Crippen molar-refractivity contribution in [2.45, 2.75) is 24.3 Å². The van der Waals surface area contributed by atoms with E-state index in [0.717, 1.165) is 28.7 Å². The number of hydrogen-bond donors (Lipinski definition) is 2. The van der Waals surface area contributed by atoms with Gasteiger partial charge in [-0.25, -0.2) is 0 Å². The van der Waals surface area contributed by atoms with Crippen molar-refractivity contribution in [2.75, 3.05) is 11.1 Å². The zero-order valence-corrected chi connectivity index (χ0v) is 17.6. The summed E-state index contributed by atoms with van der Waals surface area (Å²) >= 11 is 1.51. The van der Waals surface area contributed by atoms with Crippen LogP contribution in [0.25, 0.3) is 0 Å². The molecule has 3 N–H and O–H groups in total. The maximum Gasteiger partial charge on any atom is 0.232 e. The quantitative estimate of drug-likeness (QED) is 0.439. The number of nitrogens with zero attached hydrogens (tertiary/aromatic N) is 6. The number of rotatable bonds is 7. The van der Waals surface area contributed by atoms with E-state index in [2.05, 4.69) is 42.6 Å². The summed E-state index contributed by atoms with van der Waals surface area (Å²) in [6.45, 7) is 2.02. The van der Waals surface area contributed by atoms with E-state index in [1.165, 1.54) is 17.3 Å². The zero-order chi connectivity index (χ0) is 20.9. The number of nitrogen functional groups attached to an aromatic ring is 1. The molecule has 0 amide bonds. The molecular weight excluding hydrogens is 396 g/mol. The van der Waals surface area contributed by atoms with Gasteiger partial charge in [-0.05, 0) is 24.1 Å². The largest absolute Gasteiger partial charge is 0.368 e. The number of hydrogen-bond acceptors (Lipinski definition) is 8. The van der Waals surface area contributed by atoms with E-state index >= 15 is 0 Å². The third-order valence-electron chi connectivity index (χ3n) is 4.55. The second-order valence-electron chi connectivity index (χ2n) is 6.78. The molecule has 4 aromatic rings. The molecule has 2 aromatic carbocycles. The minimum atomic E-state index is 0.180. The molecule has 0 bridgehead atoms. The molecule has 0 aliphatic carbocycles. The molecule has 0 saturated heterocycles. The van der Waals surface area contributed by atoms with Gasteiger partial charge in [-0.15, -0.1) is 10.2 Å². The Balaban J connectivity index is 1.45. The Morgan fingerprint density at radius 2 is 1.73 bits per heavy atom. The lowest BCUT2D eigenvalue weighted by Crippen LogP contribution is -2.07. The highest BCUT2D eigenvalue weighted by atomic mass is 32.2. The van der Waals surface area contributed by atoms with E-state index in [0.29, 0.717) is 17.5 Å². The van der Waals surface area contributed by atoms with Crippen LogP contribution in [0, 0.1) is 6.92 Å². The number of anilines is 3. The lowest BCUT2D eigenvalue weighted by atomic mass is 10.1. The molecular formula is C21H22N8S. The Bertz CT molecular complexity index is 1140. The zero-order valence-electron chi connectivity index (χ0n) is 16.8. The second-order valence-corrected chi connectivity index (χ2v) is 7.72. The summed E-state index contributed by atoms with van der Waals surface area (Å²) in [6.07, 6.45) is 0.730. The van der Waals surface area contributed by atoms with Crippen LogP contribution < -0.4 is 11.1 Å². The standard InChI is InChI=1S/C21H22N8S/c1-14-8-6-7-11-16(14)23-20-25-17(24-19(22)26-20)13-30-21-28-27-18(29(21)2)12-15-9-4-3-5-10-15/h3-11H,12-13H2,1-2H3,(H3,22,23,24,25,26). The molecule has 8 nitrogen and oxygen atoms in total.